The summed E-state index contributed by atoms with van der Waals surface area (Å²) in [6.45, 7) is 6.82. The van der Waals surface area contributed by atoms with E-state index in [-0.39, 0.29) is 0 Å². The molecule has 1 aliphatic rings. The van der Waals surface area contributed by atoms with Gasteiger partial charge in [0, 0.05) is 11.9 Å². The molecule has 2 heterocycles. The first-order valence-corrected chi connectivity index (χ1v) is 5.42. The minimum absolute atomic E-state index is 0.458. The molecule has 13 heavy (non-hydrogen) atoms. The van der Waals surface area contributed by atoms with Gasteiger partial charge in [-0.05, 0) is 13.8 Å². The van der Waals surface area contributed by atoms with E-state index >= 15 is 0 Å². The maximum atomic E-state index is 5.38. The SMILES string of the molecule is Cc1csc(N2CCOC[C@@H]2C)n1. The summed E-state index contributed by atoms with van der Waals surface area (Å²) in [7, 11) is 0. The van der Waals surface area contributed by atoms with Gasteiger partial charge in [0.05, 0.1) is 24.9 Å². The van der Waals surface area contributed by atoms with Crippen LogP contribution in [0.3, 0.4) is 0 Å². The molecule has 0 spiro atoms. The molecule has 4 heteroatoms. The van der Waals surface area contributed by atoms with Crippen LogP contribution in [0, 0.1) is 6.92 Å². The molecule has 1 saturated heterocycles. The minimum Gasteiger partial charge on any atom is -0.377 e. The van der Waals surface area contributed by atoms with Crippen molar-refractivity contribution in [3.8, 4) is 0 Å². The Bertz CT molecular complexity index is 287. The van der Waals surface area contributed by atoms with Crippen molar-refractivity contribution in [3.05, 3.63) is 11.1 Å². The van der Waals surface area contributed by atoms with E-state index in [9.17, 15) is 0 Å². The van der Waals surface area contributed by atoms with Gasteiger partial charge in [0.1, 0.15) is 0 Å². The summed E-state index contributed by atoms with van der Waals surface area (Å²) in [5.74, 6) is 0. The second-order valence-corrected chi connectivity index (χ2v) is 4.23. The first-order chi connectivity index (χ1) is 6.27. The Hall–Kier alpha value is -0.610. The highest BCUT2D eigenvalue weighted by Crippen LogP contribution is 2.23. The first kappa shape index (κ1) is 8.97. The third kappa shape index (κ3) is 1.84. The Kier molecular flexibility index (Phi) is 2.51. The molecule has 0 bridgehead atoms. The number of thiazole rings is 1. The third-order valence-corrected chi connectivity index (χ3v) is 3.22. The molecule has 1 aliphatic heterocycles. The number of anilines is 1. The number of nitrogens with zero attached hydrogens (tertiary/aromatic N) is 2. The van der Waals surface area contributed by atoms with Gasteiger partial charge in [-0.15, -0.1) is 11.3 Å². The molecule has 0 aromatic carbocycles. The van der Waals surface area contributed by atoms with Gasteiger partial charge in [0.25, 0.3) is 0 Å². The molecular weight excluding hydrogens is 184 g/mol. The van der Waals surface area contributed by atoms with Crippen LogP contribution in [0.2, 0.25) is 0 Å². The lowest BCUT2D eigenvalue weighted by molar-refractivity contribution is 0.0989. The zero-order chi connectivity index (χ0) is 9.26. The molecule has 2 rings (SSSR count). The molecule has 1 aromatic heterocycles. The van der Waals surface area contributed by atoms with E-state index in [0.29, 0.717) is 6.04 Å². The van der Waals surface area contributed by atoms with Gasteiger partial charge in [-0.25, -0.2) is 4.98 Å². The van der Waals surface area contributed by atoms with Gasteiger partial charge in [-0.1, -0.05) is 0 Å². The number of aromatic nitrogens is 1. The van der Waals surface area contributed by atoms with Crippen LogP contribution in [-0.4, -0.2) is 30.8 Å². The lowest BCUT2D eigenvalue weighted by atomic mass is 10.3. The third-order valence-electron chi connectivity index (χ3n) is 2.22. The smallest absolute Gasteiger partial charge is 0.185 e. The van der Waals surface area contributed by atoms with Crippen LogP contribution in [-0.2, 0) is 4.74 Å². The minimum atomic E-state index is 0.458. The lowest BCUT2D eigenvalue weighted by Gasteiger charge is -2.32. The Labute approximate surface area is 82.3 Å². The number of ether oxygens (including phenoxy) is 1. The molecule has 72 valence electrons. The average molecular weight is 198 g/mol. The monoisotopic (exact) mass is 198 g/mol. The maximum Gasteiger partial charge on any atom is 0.185 e. The van der Waals surface area contributed by atoms with E-state index in [1.807, 2.05) is 6.92 Å². The first-order valence-electron chi connectivity index (χ1n) is 4.54. The van der Waals surface area contributed by atoms with Crippen LogP contribution in [0.1, 0.15) is 12.6 Å². The fourth-order valence-electron chi connectivity index (χ4n) is 1.48. The van der Waals surface area contributed by atoms with Crippen LogP contribution in [0.25, 0.3) is 0 Å². The summed E-state index contributed by atoms with van der Waals surface area (Å²) >= 11 is 1.72. The van der Waals surface area contributed by atoms with Crippen molar-refractivity contribution < 1.29 is 4.74 Å². The van der Waals surface area contributed by atoms with Gasteiger partial charge in [0.15, 0.2) is 5.13 Å². The molecule has 0 aliphatic carbocycles. The van der Waals surface area contributed by atoms with Crippen LogP contribution in [0.15, 0.2) is 5.38 Å². The number of aryl methyl sites for hydroxylation is 1. The Morgan fingerprint density at radius 1 is 1.69 bits per heavy atom. The predicted molar refractivity (Wildman–Crippen MR) is 54.5 cm³/mol. The van der Waals surface area contributed by atoms with Gasteiger partial charge in [-0.2, -0.15) is 0 Å². The van der Waals surface area contributed by atoms with E-state index in [2.05, 4.69) is 22.2 Å². The standard InChI is InChI=1S/C9H14N2OS/c1-7-6-13-9(10-7)11-3-4-12-5-8(11)2/h6,8H,3-5H2,1-2H3/t8-/m0/s1. The molecule has 0 radical (unpaired) electrons. The zero-order valence-electron chi connectivity index (χ0n) is 7.99. The van der Waals surface area contributed by atoms with Crippen molar-refractivity contribution in [1.82, 2.24) is 4.98 Å². The Balaban J connectivity index is 2.14. The maximum absolute atomic E-state index is 5.38. The quantitative estimate of drug-likeness (QED) is 0.686. The normalized spacial score (nSPS) is 23.5. The van der Waals surface area contributed by atoms with E-state index in [4.69, 9.17) is 4.74 Å². The molecule has 1 aromatic rings. The summed E-state index contributed by atoms with van der Waals surface area (Å²) in [6, 6.07) is 0.458. The molecule has 3 nitrogen and oxygen atoms in total. The summed E-state index contributed by atoms with van der Waals surface area (Å²) in [5.41, 5.74) is 1.11. The molecular formula is C9H14N2OS. The molecule has 1 atom stereocenters. The van der Waals surface area contributed by atoms with Crippen molar-refractivity contribution in [2.45, 2.75) is 19.9 Å². The van der Waals surface area contributed by atoms with Crippen LogP contribution >= 0.6 is 11.3 Å². The molecule has 0 unspecified atom stereocenters. The second kappa shape index (κ2) is 3.64. The Morgan fingerprint density at radius 2 is 2.54 bits per heavy atom. The molecule has 0 N–H and O–H groups in total. The van der Waals surface area contributed by atoms with Gasteiger partial charge < -0.3 is 9.64 Å². The highest BCUT2D eigenvalue weighted by Gasteiger charge is 2.20. The summed E-state index contributed by atoms with van der Waals surface area (Å²) in [6.07, 6.45) is 0. The second-order valence-electron chi connectivity index (χ2n) is 3.39. The summed E-state index contributed by atoms with van der Waals surface area (Å²) in [5, 5.41) is 3.23. The molecule has 1 fully saturated rings. The topological polar surface area (TPSA) is 25.4 Å². The van der Waals surface area contributed by atoms with Crippen LogP contribution in [0.5, 0.6) is 0 Å². The molecule has 0 saturated carbocycles. The van der Waals surface area contributed by atoms with E-state index in [1.54, 1.807) is 11.3 Å². The van der Waals surface area contributed by atoms with Gasteiger partial charge in [0.2, 0.25) is 0 Å². The number of hydrogen-bond donors (Lipinski definition) is 0. The fraction of sp³-hybridized carbons (Fsp3) is 0.667. The number of hydrogen-bond acceptors (Lipinski definition) is 4. The van der Waals surface area contributed by atoms with E-state index in [0.717, 1.165) is 30.6 Å². The van der Waals surface area contributed by atoms with Gasteiger partial charge in [-0.3, -0.25) is 0 Å². The fourth-order valence-corrected chi connectivity index (χ4v) is 2.42. The van der Waals surface area contributed by atoms with Crippen LogP contribution in [0.4, 0.5) is 5.13 Å². The van der Waals surface area contributed by atoms with Crippen molar-refractivity contribution >= 4 is 16.5 Å². The average Bonchev–Trinajstić information content (AvgIpc) is 2.53. The van der Waals surface area contributed by atoms with Crippen LogP contribution < -0.4 is 4.90 Å². The van der Waals surface area contributed by atoms with E-state index < -0.39 is 0 Å². The van der Waals surface area contributed by atoms with Crippen molar-refractivity contribution in [2.24, 2.45) is 0 Å². The van der Waals surface area contributed by atoms with Gasteiger partial charge >= 0.3 is 0 Å². The number of rotatable bonds is 1. The zero-order valence-corrected chi connectivity index (χ0v) is 8.80. The summed E-state index contributed by atoms with van der Waals surface area (Å²) in [4.78, 5) is 6.79. The van der Waals surface area contributed by atoms with Crippen molar-refractivity contribution in [1.29, 1.82) is 0 Å². The van der Waals surface area contributed by atoms with Crippen molar-refractivity contribution in [3.63, 3.8) is 0 Å². The highest BCUT2D eigenvalue weighted by atomic mass is 32.1. The lowest BCUT2D eigenvalue weighted by Crippen LogP contribution is -2.43. The molecule has 0 amide bonds. The Morgan fingerprint density at radius 3 is 3.15 bits per heavy atom. The largest absolute Gasteiger partial charge is 0.377 e. The summed E-state index contributed by atoms with van der Waals surface area (Å²) < 4.78 is 5.38. The highest BCUT2D eigenvalue weighted by molar-refractivity contribution is 7.13. The predicted octanol–water partition coefficient (Wildman–Crippen LogP) is 1.68. The van der Waals surface area contributed by atoms with E-state index in [1.165, 1.54) is 0 Å². The van der Waals surface area contributed by atoms with Crippen molar-refractivity contribution in [2.75, 3.05) is 24.7 Å². The number of morpholine rings is 1.